The van der Waals surface area contributed by atoms with Crippen LogP contribution in [0, 0.1) is 27.9 Å². The van der Waals surface area contributed by atoms with Crippen molar-refractivity contribution in [1.29, 1.82) is 0 Å². The van der Waals surface area contributed by atoms with Crippen LogP contribution >= 0.6 is 0 Å². The molecule has 0 aliphatic carbocycles. The number of hydrogen-bond acceptors (Lipinski definition) is 7. The predicted molar refractivity (Wildman–Crippen MR) is 106 cm³/mol. The fourth-order valence-corrected chi connectivity index (χ4v) is 7.32. The van der Waals surface area contributed by atoms with Gasteiger partial charge in [0.15, 0.2) is 0 Å². The lowest BCUT2D eigenvalue weighted by atomic mass is 9.90. The van der Waals surface area contributed by atoms with E-state index in [1.54, 1.807) is 0 Å². The minimum Gasteiger partial charge on any atom is -0.381 e. The molecule has 164 valence electrons. The molecule has 1 aromatic rings. The molecule has 3 atom stereocenters. The highest BCUT2D eigenvalue weighted by molar-refractivity contribution is 7.93. The first-order valence-corrected chi connectivity index (χ1v) is 11.9. The number of piperidine rings is 1. The monoisotopic (exact) mass is 439 g/mol. The van der Waals surface area contributed by atoms with E-state index in [-0.39, 0.29) is 35.9 Å². The van der Waals surface area contributed by atoms with Gasteiger partial charge in [-0.15, -0.1) is 0 Å². The Hall–Kier alpha value is -2.34. The van der Waals surface area contributed by atoms with Gasteiger partial charge in [-0.2, -0.15) is 9.46 Å². The van der Waals surface area contributed by atoms with Crippen LogP contribution in [0.4, 0.5) is 5.69 Å². The summed E-state index contributed by atoms with van der Waals surface area (Å²) >= 11 is 0. The molecule has 3 unspecified atom stereocenters. The Morgan fingerprint density at radius 2 is 2.07 bits per heavy atom. The summed E-state index contributed by atoms with van der Waals surface area (Å²) in [6.07, 6.45) is 4.51. The molecule has 4 rings (SSSR count). The number of rotatable bonds is 5. The molecule has 0 saturated carbocycles. The molecule has 0 spiro atoms. The zero-order chi connectivity index (χ0) is 21.3. The van der Waals surface area contributed by atoms with Crippen LogP contribution in [0.25, 0.3) is 0 Å². The maximum atomic E-state index is 13.2. The van der Waals surface area contributed by atoms with Gasteiger partial charge in [-0.3, -0.25) is 24.4 Å². The van der Waals surface area contributed by atoms with E-state index in [4.69, 9.17) is 4.74 Å². The van der Waals surface area contributed by atoms with Crippen LogP contribution in [0.5, 0.6) is 0 Å². The van der Waals surface area contributed by atoms with Crippen molar-refractivity contribution in [2.24, 2.45) is 22.1 Å². The van der Waals surface area contributed by atoms with Gasteiger partial charge < -0.3 is 9.64 Å². The molecule has 1 aromatic heterocycles. The Bertz CT molecular complexity index is 942. The lowest BCUT2D eigenvalue weighted by Gasteiger charge is -2.42. The van der Waals surface area contributed by atoms with Crippen molar-refractivity contribution in [2.45, 2.75) is 25.8 Å². The van der Waals surface area contributed by atoms with E-state index in [0.717, 1.165) is 29.9 Å². The topological polar surface area (TPSA) is 137 Å². The van der Waals surface area contributed by atoms with Crippen molar-refractivity contribution in [3.8, 4) is 0 Å². The van der Waals surface area contributed by atoms with E-state index >= 15 is 0 Å². The van der Waals surface area contributed by atoms with Crippen LogP contribution in [0.15, 0.2) is 16.8 Å². The van der Waals surface area contributed by atoms with Crippen molar-refractivity contribution in [1.82, 2.24) is 14.7 Å². The van der Waals surface area contributed by atoms with E-state index in [9.17, 15) is 23.9 Å². The maximum absolute atomic E-state index is 13.2. The fourth-order valence-electron chi connectivity index (χ4n) is 4.65. The largest absolute Gasteiger partial charge is 0.381 e. The third kappa shape index (κ3) is 4.86. The third-order valence-electron chi connectivity index (χ3n) is 5.85. The lowest BCUT2D eigenvalue weighted by molar-refractivity contribution is -0.385. The standard InChI is InChI=1S/C18H25N5O6S/c24-17(9-22-8-16(5-19-22)23(26)27)20-30(28)11-14-3-15(12-30)7-21(6-14)18(25)4-13-1-2-29-10-13/h5,8,13-15H,1-4,6-7,9-12H2. The summed E-state index contributed by atoms with van der Waals surface area (Å²) in [7, 11) is -2.71. The highest BCUT2D eigenvalue weighted by atomic mass is 32.2. The van der Waals surface area contributed by atoms with Gasteiger partial charge in [0, 0.05) is 44.2 Å². The summed E-state index contributed by atoms with van der Waals surface area (Å²) in [6, 6.07) is 0. The number of nitrogens with zero attached hydrogens (tertiary/aromatic N) is 5. The van der Waals surface area contributed by atoms with Crippen LogP contribution in [0.2, 0.25) is 0 Å². The number of carbonyl (C=O) groups excluding carboxylic acids is 2. The molecular formula is C18H25N5O6S. The number of ether oxygens (including phenoxy) is 1. The van der Waals surface area contributed by atoms with Crippen molar-refractivity contribution >= 4 is 27.2 Å². The second-order valence-electron chi connectivity index (χ2n) is 8.44. The molecule has 2 bridgehead atoms. The number of amides is 2. The lowest BCUT2D eigenvalue weighted by Crippen LogP contribution is -2.51. The van der Waals surface area contributed by atoms with Crippen molar-refractivity contribution in [3.05, 3.63) is 22.5 Å². The van der Waals surface area contributed by atoms with Crippen molar-refractivity contribution in [3.63, 3.8) is 0 Å². The number of likely N-dealkylation sites (tertiary alicyclic amines) is 1. The molecule has 11 nitrogen and oxygen atoms in total. The Kier molecular flexibility index (Phi) is 5.87. The molecule has 0 N–H and O–H groups in total. The SMILES string of the molecule is O=C(Cn1cc([N+](=O)[O-])cn1)N=S1(=O)CC2CC(CN(C(=O)CC3CCOC3)C2)C1. The van der Waals surface area contributed by atoms with E-state index in [2.05, 4.69) is 9.46 Å². The average molecular weight is 439 g/mol. The Morgan fingerprint density at radius 3 is 2.67 bits per heavy atom. The van der Waals surface area contributed by atoms with Gasteiger partial charge in [0.25, 0.3) is 5.91 Å². The van der Waals surface area contributed by atoms with Gasteiger partial charge in [-0.1, -0.05) is 0 Å². The van der Waals surface area contributed by atoms with Crippen LogP contribution in [-0.2, 0) is 30.6 Å². The van der Waals surface area contributed by atoms with Crippen molar-refractivity contribution < 1.29 is 23.5 Å². The first-order valence-electron chi connectivity index (χ1n) is 10.1. The Labute approximate surface area is 174 Å². The highest BCUT2D eigenvalue weighted by Gasteiger charge is 2.39. The molecule has 3 saturated heterocycles. The predicted octanol–water partition coefficient (Wildman–Crippen LogP) is 0.691. The van der Waals surface area contributed by atoms with Gasteiger partial charge in [-0.05, 0) is 30.6 Å². The molecule has 0 aromatic carbocycles. The van der Waals surface area contributed by atoms with Crippen LogP contribution in [0.3, 0.4) is 0 Å². The van der Waals surface area contributed by atoms with E-state index in [1.807, 2.05) is 4.90 Å². The summed E-state index contributed by atoms with van der Waals surface area (Å²) in [5.41, 5.74) is -0.215. The molecule has 3 aliphatic heterocycles. The third-order valence-corrected chi connectivity index (χ3v) is 8.37. The summed E-state index contributed by atoms with van der Waals surface area (Å²) in [4.78, 5) is 36.9. The molecule has 3 fully saturated rings. The molecule has 0 radical (unpaired) electrons. The summed E-state index contributed by atoms with van der Waals surface area (Å²) in [5, 5.41) is 14.5. The number of nitro groups is 1. The Balaban J connectivity index is 1.37. The smallest absolute Gasteiger partial charge is 0.307 e. The second kappa shape index (κ2) is 8.42. The highest BCUT2D eigenvalue weighted by Crippen LogP contribution is 2.32. The first kappa shape index (κ1) is 20.9. The number of aromatic nitrogens is 2. The second-order valence-corrected chi connectivity index (χ2v) is 10.8. The van der Waals surface area contributed by atoms with Crippen LogP contribution in [-0.4, -0.2) is 73.4 Å². The van der Waals surface area contributed by atoms with Gasteiger partial charge in [0.2, 0.25) is 5.91 Å². The van der Waals surface area contributed by atoms with E-state index in [0.29, 0.717) is 44.2 Å². The van der Waals surface area contributed by atoms with Crippen LogP contribution < -0.4 is 0 Å². The van der Waals surface area contributed by atoms with Gasteiger partial charge in [0.1, 0.15) is 18.9 Å². The molecule has 2 amide bonds. The number of fused-ring (bicyclic) bond motifs is 2. The first-order chi connectivity index (χ1) is 14.3. The fraction of sp³-hybridized carbons (Fsp3) is 0.722. The van der Waals surface area contributed by atoms with E-state index < -0.39 is 20.6 Å². The van der Waals surface area contributed by atoms with Gasteiger partial charge in [0.05, 0.1) is 14.7 Å². The number of carbonyl (C=O) groups is 2. The van der Waals surface area contributed by atoms with E-state index in [1.165, 1.54) is 0 Å². The molecular weight excluding hydrogens is 414 g/mol. The van der Waals surface area contributed by atoms with Gasteiger partial charge >= 0.3 is 5.69 Å². The quantitative estimate of drug-likeness (QED) is 0.486. The van der Waals surface area contributed by atoms with Crippen molar-refractivity contribution in [2.75, 3.05) is 37.8 Å². The maximum Gasteiger partial charge on any atom is 0.307 e. The summed E-state index contributed by atoms with van der Waals surface area (Å²) in [5.74, 6) is 0.533. The minimum absolute atomic E-state index is 0.0659. The summed E-state index contributed by atoms with van der Waals surface area (Å²) < 4.78 is 23.7. The average Bonchev–Trinajstić information content (AvgIpc) is 3.32. The molecule has 12 heteroatoms. The number of hydrogen-bond donors (Lipinski definition) is 0. The normalized spacial score (nSPS) is 30.8. The molecule has 3 aliphatic rings. The summed E-state index contributed by atoms with van der Waals surface area (Å²) in [6.45, 7) is 2.17. The Morgan fingerprint density at radius 1 is 1.33 bits per heavy atom. The van der Waals surface area contributed by atoms with Crippen LogP contribution in [0.1, 0.15) is 19.3 Å². The minimum atomic E-state index is -2.71. The molecule has 30 heavy (non-hydrogen) atoms. The van der Waals surface area contributed by atoms with Gasteiger partial charge in [-0.25, -0.2) is 4.21 Å². The zero-order valence-corrected chi connectivity index (χ0v) is 17.4. The zero-order valence-electron chi connectivity index (χ0n) is 16.6. The molecule has 4 heterocycles.